The summed E-state index contributed by atoms with van der Waals surface area (Å²) in [5, 5.41) is 6.81. The van der Waals surface area contributed by atoms with Gasteiger partial charge in [-0.05, 0) is 21.0 Å². The predicted octanol–water partition coefficient (Wildman–Crippen LogP) is -0.330. The molecule has 0 aromatic carbocycles. The number of carbonyl (C=O) groups excluding carboxylic acids is 1. The van der Waals surface area contributed by atoms with E-state index in [-0.39, 0.29) is 12.5 Å². The van der Waals surface area contributed by atoms with Gasteiger partial charge in [-0.2, -0.15) is 5.10 Å². The Morgan fingerprint density at radius 1 is 1.67 bits per heavy atom. The van der Waals surface area contributed by atoms with Gasteiger partial charge in [0.05, 0.1) is 6.20 Å². The minimum atomic E-state index is -0.0166. The number of carbonyl (C=O) groups is 1. The molecule has 1 aromatic heterocycles. The smallest absolute Gasteiger partial charge is 0.241 e. The molecule has 1 rings (SSSR count). The lowest BCUT2D eigenvalue weighted by molar-refractivity contribution is -0.121. The summed E-state index contributed by atoms with van der Waals surface area (Å²) in [6, 6.07) is 2.91. The van der Waals surface area contributed by atoms with Crippen molar-refractivity contribution in [2.45, 2.75) is 13.5 Å². The zero-order valence-corrected chi connectivity index (χ0v) is 9.45. The predicted molar refractivity (Wildman–Crippen MR) is 57.4 cm³/mol. The molecule has 0 aliphatic rings. The lowest BCUT2D eigenvalue weighted by Gasteiger charge is -2.10. The van der Waals surface area contributed by atoms with E-state index in [0.717, 1.165) is 12.2 Å². The Morgan fingerprint density at radius 2 is 2.40 bits per heavy atom. The van der Waals surface area contributed by atoms with Crippen molar-refractivity contribution in [3.63, 3.8) is 0 Å². The van der Waals surface area contributed by atoms with Gasteiger partial charge in [0.2, 0.25) is 5.91 Å². The van der Waals surface area contributed by atoms with Gasteiger partial charge in [-0.1, -0.05) is 0 Å². The molecular formula is C10H17N4O. The molecule has 0 aliphatic heterocycles. The number of aryl methyl sites for hydroxylation is 1. The van der Waals surface area contributed by atoms with Gasteiger partial charge in [0.15, 0.2) is 0 Å². The minimum absolute atomic E-state index is 0.0166. The van der Waals surface area contributed by atoms with Crippen molar-refractivity contribution < 1.29 is 4.79 Å². The van der Waals surface area contributed by atoms with Crippen molar-refractivity contribution in [2.75, 3.05) is 27.2 Å². The molecule has 0 unspecified atom stereocenters. The third-order valence-corrected chi connectivity index (χ3v) is 2.03. The highest BCUT2D eigenvalue weighted by Crippen LogP contribution is 1.93. The van der Waals surface area contributed by atoms with Crippen LogP contribution in [0.2, 0.25) is 0 Å². The normalized spacial score (nSPS) is 10.7. The van der Waals surface area contributed by atoms with E-state index < -0.39 is 0 Å². The highest BCUT2D eigenvalue weighted by molar-refractivity contribution is 5.75. The fourth-order valence-corrected chi connectivity index (χ4v) is 1.12. The van der Waals surface area contributed by atoms with Crippen LogP contribution in [0.5, 0.6) is 0 Å². The van der Waals surface area contributed by atoms with Crippen LogP contribution in [0.1, 0.15) is 5.69 Å². The molecule has 5 heteroatoms. The number of amides is 1. The van der Waals surface area contributed by atoms with Crippen LogP contribution in [-0.4, -0.2) is 47.8 Å². The van der Waals surface area contributed by atoms with Gasteiger partial charge in [-0.3, -0.25) is 9.48 Å². The molecule has 0 saturated carbocycles. The van der Waals surface area contributed by atoms with Crippen LogP contribution in [0.25, 0.3) is 0 Å². The average molecular weight is 209 g/mol. The van der Waals surface area contributed by atoms with Crippen molar-refractivity contribution in [3.8, 4) is 0 Å². The molecular weight excluding hydrogens is 192 g/mol. The number of hydrogen-bond acceptors (Lipinski definition) is 3. The SMILES string of the molecule is Cc1[c]cnn1CC(=O)NCCN(C)C. The van der Waals surface area contributed by atoms with Gasteiger partial charge in [0.25, 0.3) is 0 Å². The van der Waals surface area contributed by atoms with Crippen molar-refractivity contribution >= 4 is 5.91 Å². The van der Waals surface area contributed by atoms with Crippen molar-refractivity contribution in [3.05, 3.63) is 18.0 Å². The van der Waals surface area contributed by atoms with Gasteiger partial charge < -0.3 is 10.2 Å². The summed E-state index contributed by atoms with van der Waals surface area (Å²) < 4.78 is 1.63. The first-order chi connectivity index (χ1) is 7.09. The van der Waals surface area contributed by atoms with Crippen molar-refractivity contribution in [1.82, 2.24) is 20.0 Å². The highest BCUT2D eigenvalue weighted by atomic mass is 16.2. The first-order valence-corrected chi connectivity index (χ1v) is 4.91. The van der Waals surface area contributed by atoms with Gasteiger partial charge >= 0.3 is 0 Å². The molecule has 0 bridgehead atoms. The Kier molecular flexibility index (Phi) is 4.30. The van der Waals surface area contributed by atoms with Crippen LogP contribution in [0.3, 0.4) is 0 Å². The number of nitrogens with zero attached hydrogens (tertiary/aromatic N) is 3. The maximum atomic E-state index is 11.4. The van der Waals surface area contributed by atoms with Crippen molar-refractivity contribution in [2.24, 2.45) is 0 Å². The molecule has 0 spiro atoms. The molecule has 0 fully saturated rings. The quantitative estimate of drug-likeness (QED) is 0.722. The van der Waals surface area contributed by atoms with Gasteiger partial charge in [0.1, 0.15) is 6.54 Å². The number of hydrogen-bond donors (Lipinski definition) is 1. The van der Waals surface area contributed by atoms with E-state index in [9.17, 15) is 4.79 Å². The summed E-state index contributed by atoms with van der Waals surface area (Å²) in [5.41, 5.74) is 0.873. The zero-order chi connectivity index (χ0) is 11.3. The molecule has 1 aromatic rings. The first kappa shape index (κ1) is 11.7. The summed E-state index contributed by atoms with van der Waals surface area (Å²) in [6.07, 6.45) is 1.57. The third kappa shape index (κ3) is 4.12. The minimum Gasteiger partial charge on any atom is -0.353 e. The largest absolute Gasteiger partial charge is 0.353 e. The van der Waals surface area contributed by atoms with Gasteiger partial charge in [0, 0.05) is 24.8 Å². The summed E-state index contributed by atoms with van der Waals surface area (Å²) in [5.74, 6) is -0.0166. The summed E-state index contributed by atoms with van der Waals surface area (Å²) in [6.45, 7) is 3.65. The lowest BCUT2D eigenvalue weighted by Crippen LogP contribution is -2.33. The number of aromatic nitrogens is 2. The molecule has 1 amide bonds. The fourth-order valence-electron chi connectivity index (χ4n) is 1.12. The molecule has 15 heavy (non-hydrogen) atoms. The molecule has 5 nitrogen and oxygen atoms in total. The van der Waals surface area contributed by atoms with Crippen LogP contribution in [0.15, 0.2) is 6.20 Å². The second-order valence-electron chi connectivity index (χ2n) is 3.69. The molecule has 1 N–H and O–H groups in total. The molecule has 0 aliphatic carbocycles. The van der Waals surface area contributed by atoms with Crippen LogP contribution in [0, 0.1) is 13.0 Å². The zero-order valence-electron chi connectivity index (χ0n) is 9.45. The summed E-state index contributed by atoms with van der Waals surface area (Å²) in [7, 11) is 3.94. The second-order valence-corrected chi connectivity index (χ2v) is 3.69. The molecule has 1 heterocycles. The Labute approximate surface area is 90.1 Å². The van der Waals surface area contributed by atoms with Crippen LogP contribution in [0.4, 0.5) is 0 Å². The summed E-state index contributed by atoms with van der Waals surface area (Å²) >= 11 is 0. The van der Waals surface area contributed by atoms with E-state index >= 15 is 0 Å². The number of likely N-dealkylation sites (N-methyl/N-ethyl adjacent to an activating group) is 1. The Bertz CT molecular complexity index is 319. The number of rotatable bonds is 5. The average Bonchev–Trinajstić information content (AvgIpc) is 2.51. The Morgan fingerprint density at radius 3 is 2.93 bits per heavy atom. The fraction of sp³-hybridized carbons (Fsp3) is 0.600. The maximum absolute atomic E-state index is 11.4. The van der Waals surface area contributed by atoms with E-state index in [0.29, 0.717) is 6.54 Å². The van der Waals surface area contributed by atoms with Crippen molar-refractivity contribution in [1.29, 1.82) is 0 Å². The molecule has 0 atom stereocenters. The van der Waals surface area contributed by atoms with Crippen LogP contribution >= 0.6 is 0 Å². The highest BCUT2D eigenvalue weighted by Gasteiger charge is 2.04. The van der Waals surface area contributed by atoms with Crippen LogP contribution < -0.4 is 5.32 Å². The lowest BCUT2D eigenvalue weighted by atomic mass is 10.4. The first-order valence-electron chi connectivity index (χ1n) is 4.91. The van der Waals surface area contributed by atoms with Gasteiger partial charge in [-0.25, -0.2) is 0 Å². The molecule has 83 valence electrons. The number of nitrogens with one attached hydrogen (secondary N) is 1. The van der Waals surface area contributed by atoms with E-state index in [1.165, 1.54) is 0 Å². The summed E-state index contributed by atoms with van der Waals surface area (Å²) in [4.78, 5) is 13.5. The maximum Gasteiger partial charge on any atom is 0.241 e. The second kappa shape index (κ2) is 5.50. The molecule has 0 saturated heterocycles. The van der Waals surface area contributed by atoms with E-state index in [1.807, 2.05) is 25.9 Å². The standard InChI is InChI=1S/C10H17N4O/c1-9-4-5-12-14(9)8-10(15)11-6-7-13(2)3/h5H,6-8H2,1-3H3,(H,11,15). The van der Waals surface area contributed by atoms with E-state index in [1.54, 1.807) is 10.9 Å². The van der Waals surface area contributed by atoms with E-state index in [4.69, 9.17) is 0 Å². The Hall–Kier alpha value is -1.36. The monoisotopic (exact) mass is 209 g/mol. The van der Waals surface area contributed by atoms with Crippen LogP contribution in [-0.2, 0) is 11.3 Å². The molecule has 1 radical (unpaired) electrons. The third-order valence-electron chi connectivity index (χ3n) is 2.03. The topological polar surface area (TPSA) is 50.2 Å². The van der Waals surface area contributed by atoms with Gasteiger partial charge in [-0.15, -0.1) is 0 Å². The Balaban J connectivity index is 2.28. The van der Waals surface area contributed by atoms with E-state index in [2.05, 4.69) is 16.5 Å².